The van der Waals surface area contributed by atoms with Gasteiger partial charge in [-0.25, -0.2) is 9.48 Å². The summed E-state index contributed by atoms with van der Waals surface area (Å²) in [6.45, 7) is 3.15. The van der Waals surface area contributed by atoms with Crippen molar-refractivity contribution in [1.82, 2.24) is 20.2 Å². The molecular formula is C15H16N4O3. The maximum absolute atomic E-state index is 11.2. The highest BCUT2D eigenvalue weighted by molar-refractivity contribution is 5.77. The number of unbranched alkanes of at least 4 members (excludes halogenated alkanes) is 1. The van der Waals surface area contributed by atoms with Crippen LogP contribution in [0.1, 0.15) is 25.6 Å². The summed E-state index contributed by atoms with van der Waals surface area (Å²) in [7, 11) is 0. The second kappa shape index (κ2) is 6.38. The minimum absolute atomic E-state index is 0.263. The molecule has 22 heavy (non-hydrogen) atoms. The highest BCUT2D eigenvalue weighted by atomic mass is 16.5. The number of aryl methyl sites for hydroxylation is 1. The van der Waals surface area contributed by atoms with Crippen molar-refractivity contribution in [1.29, 1.82) is 0 Å². The average molecular weight is 300 g/mol. The number of rotatable bonds is 6. The van der Waals surface area contributed by atoms with E-state index < -0.39 is 0 Å². The first-order valence-electron chi connectivity index (χ1n) is 7.18. The monoisotopic (exact) mass is 300 g/mol. The molecule has 0 spiro atoms. The molecule has 0 aliphatic heterocycles. The summed E-state index contributed by atoms with van der Waals surface area (Å²) in [6.07, 6.45) is 2.09. The van der Waals surface area contributed by atoms with Crippen LogP contribution in [-0.2, 0) is 13.2 Å². The fourth-order valence-electron chi connectivity index (χ4n) is 2.09. The Balaban J connectivity index is 1.73. The van der Waals surface area contributed by atoms with E-state index in [0.29, 0.717) is 17.2 Å². The van der Waals surface area contributed by atoms with Gasteiger partial charge in [0.15, 0.2) is 5.82 Å². The number of fused-ring (bicyclic) bond motifs is 1. The Hall–Kier alpha value is -2.70. The van der Waals surface area contributed by atoms with Crippen LogP contribution in [0.5, 0.6) is 5.75 Å². The van der Waals surface area contributed by atoms with Crippen LogP contribution in [0.2, 0.25) is 0 Å². The maximum Gasteiger partial charge on any atom is 0.336 e. The lowest BCUT2D eigenvalue weighted by molar-refractivity contribution is 0.285. The molecule has 0 bridgehead atoms. The zero-order valence-corrected chi connectivity index (χ0v) is 12.2. The number of hydrogen-bond donors (Lipinski definition) is 0. The van der Waals surface area contributed by atoms with Gasteiger partial charge in [-0.1, -0.05) is 13.3 Å². The third-order valence-corrected chi connectivity index (χ3v) is 3.29. The van der Waals surface area contributed by atoms with Gasteiger partial charge in [0, 0.05) is 24.1 Å². The Morgan fingerprint density at radius 1 is 1.27 bits per heavy atom. The van der Waals surface area contributed by atoms with Gasteiger partial charge in [-0.15, -0.1) is 5.10 Å². The lowest BCUT2D eigenvalue weighted by Gasteiger charge is -2.07. The molecule has 114 valence electrons. The van der Waals surface area contributed by atoms with Crippen molar-refractivity contribution in [3.05, 3.63) is 46.6 Å². The second-order valence-electron chi connectivity index (χ2n) is 4.91. The van der Waals surface area contributed by atoms with E-state index in [1.54, 1.807) is 16.8 Å². The van der Waals surface area contributed by atoms with Crippen LogP contribution in [0.3, 0.4) is 0 Å². The molecule has 7 nitrogen and oxygen atoms in total. The summed E-state index contributed by atoms with van der Waals surface area (Å²) in [5.74, 6) is 1.27. The predicted molar refractivity (Wildman–Crippen MR) is 79.5 cm³/mol. The molecule has 3 rings (SSSR count). The molecular weight excluding hydrogens is 284 g/mol. The van der Waals surface area contributed by atoms with Crippen LogP contribution in [0.15, 0.2) is 39.5 Å². The Morgan fingerprint density at radius 2 is 2.14 bits per heavy atom. The largest absolute Gasteiger partial charge is 0.485 e. The number of hydrogen-bond acceptors (Lipinski definition) is 6. The smallest absolute Gasteiger partial charge is 0.336 e. The van der Waals surface area contributed by atoms with Gasteiger partial charge in [0.2, 0.25) is 0 Å². The van der Waals surface area contributed by atoms with Crippen molar-refractivity contribution in [2.24, 2.45) is 0 Å². The predicted octanol–water partition coefficient (Wildman–Crippen LogP) is 2.16. The van der Waals surface area contributed by atoms with Crippen molar-refractivity contribution in [2.75, 3.05) is 0 Å². The lowest BCUT2D eigenvalue weighted by atomic mass is 10.2. The average Bonchev–Trinajstić information content (AvgIpc) is 2.97. The van der Waals surface area contributed by atoms with Crippen LogP contribution < -0.4 is 10.4 Å². The zero-order chi connectivity index (χ0) is 15.4. The molecule has 0 saturated carbocycles. The summed E-state index contributed by atoms with van der Waals surface area (Å²) in [5.41, 5.74) is 0.115. The number of aromatic nitrogens is 4. The van der Waals surface area contributed by atoms with E-state index in [4.69, 9.17) is 9.15 Å². The standard InChI is InChI=1S/C15H16N4O3/c1-2-3-8-19-14(16-17-18-19)10-21-12-6-4-11-5-7-15(20)22-13(11)9-12/h4-7,9H,2-3,8,10H2,1H3. The fraction of sp³-hybridized carbons (Fsp3) is 0.333. The van der Waals surface area contributed by atoms with Crippen LogP contribution >= 0.6 is 0 Å². The van der Waals surface area contributed by atoms with Gasteiger partial charge in [0.1, 0.15) is 17.9 Å². The fourth-order valence-corrected chi connectivity index (χ4v) is 2.09. The third kappa shape index (κ3) is 3.13. The van der Waals surface area contributed by atoms with Crippen LogP contribution in [0.25, 0.3) is 11.0 Å². The zero-order valence-electron chi connectivity index (χ0n) is 12.2. The molecule has 7 heteroatoms. The number of benzene rings is 1. The highest BCUT2D eigenvalue weighted by Gasteiger charge is 2.07. The minimum atomic E-state index is -0.381. The van der Waals surface area contributed by atoms with E-state index >= 15 is 0 Å². The van der Waals surface area contributed by atoms with E-state index in [9.17, 15) is 4.79 Å². The summed E-state index contributed by atoms with van der Waals surface area (Å²) in [5, 5.41) is 12.4. The summed E-state index contributed by atoms with van der Waals surface area (Å²) in [6, 6.07) is 8.47. The van der Waals surface area contributed by atoms with Crippen molar-refractivity contribution >= 4 is 11.0 Å². The summed E-state index contributed by atoms with van der Waals surface area (Å²) in [4.78, 5) is 11.2. The van der Waals surface area contributed by atoms with E-state index in [2.05, 4.69) is 22.4 Å². The van der Waals surface area contributed by atoms with Crippen LogP contribution in [0.4, 0.5) is 0 Å². The van der Waals surface area contributed by atoms with Gasteiger partial charge in [-0.3, -0.25) is 0 Å². The molecule has 3 aromatic rings. The third-order valence-electron chi connectivity index (χ3n) is 3.29. The molecule has 2 heterocycles. The molecule has 0 saturated heterocycles. The molecule has 1 aromatic carbocycles. The Bertz CT molecular complexity index is 825. The normalized spacial score (nSPS) is 11.0. The topological polar surface area (TPSA) is 83.0 Å². The number of ether oxygens (including phenoxy) is 1. The first-order chi connectivity index (χ1) is 10.8. The quantitative estimate of drug-likeness (QED) is 0.649. The second-order valence-corrected chi connectivity index (χ2v) is 4.91. The highest BCUT2D eigenvalue weighted by Crippen LogP contribution is 2.20. The molecule has 0 aliphatic carbocycles. The molecule has 0 atom stereocenters. The number of tetrazole rings is 1. The molecule has 0 unspecified atom stereocenters. The lowest BCUT2D eigenvalue weighted by Crippen LogP contribution is -2.09. The van der Waals surface area contributed by atoms with Crippen molar-refractivity contribution in [2.45, 2.75) is 32.9 Å². The van der Waals surface area contributed by atoms with Crippen molar-refractivity contribution < 1.29 is 9.15 Å². The van der Waals surface area contributed by atoms with Crippen molar-refractivity contribution in [3.8, 4) is 5.75 Å². The van der Waals surface area contributed by atoms with E-state index in [-0.39, 0.29) is 12.2 Å². The van der Waals surface area contributed by atoms with Crippen LogP contribution in [0, 0.1) is 0 Å². The van der Waals surface area contributed by atoms with E-state index in [1.165, 1.54) is 6.07 Å². The van der Waals surface area contributed by atoms with Gasteiger partial charge in [0.25, 0.3) is 0 Å². The Labute approximate surface area is 126 Å². The Kier molecular flexibility index (Phi) is 4.13. The molecule has 2 aromatic heterocycles. The Morgan fingerprint density at radius 3 is 3.00 bits per heavy atom. The molecule has 0 fully saturated rings. The van der Waals surface area contributed by atoms with E-state index in [1.807, 2.05) is 12.1 Å². The van der Waals surface area contributed by atoms with Gasteiger partial charge in [-0.05, 0) is 35.0 Å². The maximum atomic E-state index is 11.2. The summed E-state index contributed by atoms with van der Waals surface area (Å²) >= 11 is 0. The van der Waals surface area contributed by atoms with Gasteiger partial charge in [0.05, 0.1) is 0 Å². The van der Waals surface area contributed by atoms with Crippen molar-refractivity contribution in [3.63, 3.8) is 0 Å². The first kappa shape index (κ1) is 14.2. The SMILES string of the molecule is CCCCn1nnnc1COc1ccc2ccc(=O)oc2c1. The van der Waals surface area contributed by atoms with E-state index in [0.717, 1.165) is 24.8 Å². The first-order valence-corrected chi connectivity index (χ1v) is 7.18. The van der Waals surface area contributed by atoms with Crippen LogP contribution in [-0.4, -0.2) is 20.2 Å². The van der Waals surface area contributed by atoms with Gasteiger partial charge < -0.3 is 9.15 Å². The molecule has 0 N–H and O–H groups in total. The summed E-state index contributed by atoms with van der Waals surface area (Å²) < 4.78 is 12.6. The molecule has 0 amide bonds. The molecule has 0 aliphatic rings. The minimum Gasteiger partial charge on any atom is -0.485 e. The van der Waals surface area contributed by atoms with Gasteiger partial charge in [-0.2, -0.15) is 0 Å². The molecule has 0 radical (unpaired) electrons. The number of nitrogens with zero attached hydrogens (tertiary/aromatic N) is 4. The van der Waals surface area contributed by atoms with Gasteiger partial charge >= 0.3 is 5.63 Å².